The van der Waals surface area contributed by atoms with Crippen molar-refractivity contribution < 1.29 is 17.2 Å². The largest absolute Gasteiger partial charge is 0.397 e. The molecule has 84 valence electrons. The van der Waals surface area contributed by atoms with Crippen molar-refractivity contribution in [3.8, 4) is 0 Å². The maximum absolute atomic E-state index is 9.68. The van der Waals surface area contributed by atoms with Crippen LogP contribution in [0.5, 0.6) is 0 Å². The predicted octanol–water partition coefficient (Wildman–Crippen LogP) is 0.752. The quantitative estimate of drug-likeness (QED) is 0.545. The topological polar surface area (TPSA) is 75.6 Å². The van der Waals surface area contributed by atoms with Crippen molar-refractivity contribution in [1.29, 1.82) is 0 Å². The molecule has 6 heteroatoms. The Kier molecular flexibility index (Phi) is 7.68. The van der Waals surface area contributed by atoms with Crippen LogP contribution in [-0.4, -0.2) is 32.7 Å². The van der Waals surface area contributed by atoms with Gasteiger partial charge in [0, 0.05) is 0 Å². The van der Waals surface area contributed by atoms with Crippen molar-refractivity contribution in [3.63, 3.8) is 0 Å². The Morgan fingerprint density at radius 1 is 1.36 bits per heavy atom. The molecule has 0 amide bonds. The van der Waals surface area contributed by atoms with Gasteiger partial charge in [-0.3, -0.25) is 4.55 Å². The third-order valence-electron chi connectivity index (χ3n) is 1.54. The first-order chi connectivity index (χ1) is 6.56. The van der Waals surface area contributed by atoms with E-state index in [1.165, 1.54) is 38.4 Å². The molecule has 0 aromatic heterocycles. The molecule has 5 nitrogen and oxygen atoms in total. The zero-order valence-corrected chi connectivity index (χ0v) is 8.92. The zero-order valence-electron chi connectivity index (χ0n) is 8.11. The van der Waals surface area contributed by atoms with Gasteiger partial charge in [-0.1, -0.05) is 12.5 Å². The van der Waals surface area contributed by atoms with Gasteiger partial charge in [0.15, 0.2) is 0 Å². The average Bonchev–Trinajstić information content (AvgIpc) is 2.17. The Morgan fingerprint density at radius 3 is 2.07 bits per heavy atom. The molecule has 0 spiro atoms. The Morgan fingerprint density at radius 2 is 1.93 bits per heavy atom. The number of piperidine rings is 1. The fourth-order valence-corrected chi connectivity index (χ4v) is 1.20. The van der Waals surface area contributed by atoms with Crippen LogP contribution in [0, 0.1) is 0 Å². The molecule has 1 heterocycles. The van der Waals surface area contributed by atoms with Gasteiger partial charge in [-0.05, 0) is 25.9 Å². The molecule has 0 atom stereocenters. The van der Waals surface area contributed by atoms with Gasteiger partial charge in [0.05, 0.1) is 6.61 Å². The van der Waals surface area contributed by atoms with Crippen molar-refractivity contribution in [1.82, 2.24) is 5.32 Å². The van der Waals surface area contributed by atoms with E-state index in [-0.39, 0.29) is 6.61 Å². The molecule has 0 radical (unpaired) electrons. The minimum atomic E-state index is -4.26. The van der Waals surface area contributed by atoms with Gasteiger partial charge in [-0.15, -0.1) is 6.58 Å². The molecule has 1 fully saturated rings. The molecule has 0 bridgehead atoms. The summed E-state index contributed by atoms with van der Waals surface area (Å²) in [7, 11) is -4.26. The Labute approximate surface area is 85.1 Å². The number of hydrogen-bond donors (Lipinski definition) is 2. The maximum atomic E-state index is 9.68. The van der Waals surface area contributed by atoms with Gasteiger partial charge in [0.1, 0.15) is 0 Å². The molecule has 1 aliphatic rings. The normalized spacial score (nSPS) is 16.6. The van der Waals surface area contributed by atoms with Crippen LogP contribution in [0.15, 0.2) is 12.7 Å². The van der Waals surface area contributed by atoms with Crippen molar-refractivity contribution >= 4 is 10.4 Å². The van der Waals surface area contributed by atoms with E-state index >= 15 is 0 Å². The highest BCUT2D eigenvalue weighted by Crippen LogP contribution is 1.96. The monoisotopic (exact) mass is 223 g/mol. The molecule has 1 rings (SSSR count). The molecule has 14 heavy (non-hydrogen) atoms. The van der Waals surface area contributed by atoms with Crippen LogP contribution in [0.3, 0.4) is 0 Å². The van der Waals surface area contributed by atoms with Crippen LogP contribution in [0.4, 0.5) is 0 Å². The molecule has 0 aromatic carbocycles. The predicted molar refractivity (Wildman–Crippen MR) is 54.4 cm³/mol. The highest BCUT2D eigenvalue weighted by molar-refractivity contribution is 7.80. The van der Waals surface area contributed by atoms with E-state index in [0.717, 1.165) is 0 Å². The third-order valence-corrected chi connectivity index (χ3v) is 1.98. The van der Waals surface area contributed by atoms with E-state index in [1.54, 1.807) is 0 Å². The summed E-state index contributed by atoms with van der Waals surface area (Å²) in [5.74, 6) is 0. The molecular weight excluding hydrogens is 206 g/mol. The Bertz CT molecular complexity index is 222. The lowest BCUT2D eigenvalue weighted by molar-refractivity contribution is 0.296. The Balaban J connectivity index is 0.000000249. The van der Waals surface area contributed by atoms with E-state index in [1.807, 2.05) is 0 Å². The first kappa shape index (κ1) is 13.6. The van der Waals surface area contributed by atoms with E-state index < -0.39 is 10.4 Å². The summed E-state index contributed by atoms with van der Waals surface area (Å²) in [6, 6.07) is 0. The summed E-state index contributed by atoms with van der Waals surface area (Å²) in [4.78, 5) is 0. The summed E-state index contributed by atoms with van der Waals surface area (Å²) in [6.07, 6.45) is 5.43. The van der Waals surface area contributed by atoms with Crippen molar-refractivity contribution in [2.75, 3.05) is 19.7 Å². The third kappa shape index (κ3) is 11.6. The van der Waals surface area contributed by atoms with Gasteiger partial charge in [-0.2, -0.15) is 8.42 Å². The number of hydrogen-bond acceptors (Lipinski definition) is 4. The van der Waals surface area contributed by atoms with Crippen LogP contribution in [0.25, 0.3) is 0 Å². The highest BCUT2D eigenvalue weighted by Gasteiger charge is 1.99. The lowest BCUT2D eigenvalue weighted by atomic mass is 10.2. The second kappa shape index (κ2) is 7.93. The first-order valence-electron chi connectivity index (χ1n) is 4.49. The summed E-state index contributed by atoms with van der Waals surface area (Å²) in [6.45, 7) is 5.47. The van der Waals surface area contributed by atoms with Gasteiger partial charge < -0.3 is 5.32 Å². The van der Waals surface area contributed by atoms with Crippen LogP contribution in [0.2, 0.25) is 0 Å². The second-order valence-corrected chi connectivity index (χ2v) is 3.90. The van der Waals surface area contributed by atoms with E-state index in [0.29, 0.717) is 0 Å². The van der Waals surface area contributed by atoms with Gasteiger partial charge in [0.2, 0.25) is 0 Å². The van der Waals surface area contributed by atoms with Gasteiger partial charge in [-0.25, -0.2) is 4.18 Å². The summed E-state index contributed by atoms with van der Waals surface area (Å²) < 4.78 is 31.0. The standard InChI is InChI=1S/C5H11N.C3H6O4S/c1-2-4-6-5-3-1;1-2-3-7-8(4,5)6/h6H,1-5H2;2H,1,3H2,(H,4,5,6). The second-order valence-electron chi connectivity index (χ2n) is 2.81. The molecule has 0 saturated carbocycles. The van der Waals surface area contributed by atoms with Crippen LogP contribution in [-0.2, 0) is 14.6 Å². The van der Waals surface area contributed by atoms with Crippen LogP contribution < -0.4 is 5.32 Å². The fourth-order valence-electron chi connectivity index (χ4n) is 0.936. The summed E-state index contributed by atoms with van der Waals surface area (Å²) >= 11 is 0. The summed E-state index contributed by atoms with van der Waals surface area (Å²) in [5.41, 5.74) is 0. The molecule has 1 saturated heterocycles. The Hall–Kier alpha value is -0.430. The zero-order chi connectivity index (χ0) is 10.9. The lowest BCUT2D eigenvalue weighted by Crippen LogP contribution is -2.21. The van der Waals surface area contributed by atoms with Gasteiger partial charge in [0.25, 0.3) is 0 Å². The SMILES string of the molecule is C1CCNCC1.C=CCOS(=O)(=O)O. The molecule has 0 aliphatic carbocycles. The van der Waals surface area contributed by atoms with E-state index in [2.05, 4.69) is 16.1 Å². The fraction of sp³-hybridized carbons (Fsp3) is 0.750. The molecule has 0 aromatic rings. The molecular formula is C8H17NO4S. The minimum Gasteiger partial charge on any atom is -0.317 e. The van der Waals surface area contributed by atoms with Crippen LogP contribution in [0.1, 0.15) is 19.3 Å². The van der Waals surface area contributed by atoms with E-state index in [4.69, 9.17) is 4.55 Å². The van der Waals surface area contributed by atoms with Gasteiger partial charge >= 0.3 is 10.4 Å². The molecule has 0 unspecified atom stereocenters. The van der Waals surface area contributed by atoms with Crippen molar-refractivity contribution in [2.24, 2.45) is 0 Å². The summed E-state index contributed by atoms with van der Waals surface area (Å²) in [5, 5.41) is 3.28. The number of nitrogens with one attached hydrogen (secondary N) is 1. The molecule has 2 N–H and O–H groups in total. The van der Waals surface area contributed by atoms with Crippen molar-refractivity contribution in [3.05, 3.63) is 12.7 Å². The smallest absolute Gasteiger partial charge is 0.317 e. The van der Waals surface area contributed by atoms with Crippen molar-refractivity contribution in [2.45, 2.75) is 19.3 Å². The lowest BCUT2D eigenvalue weighted by Gasteiger charge is -2.08. The van der Waals surface area contributed by atoms with E-state index in [9.17, 15) is 8.42 Å². The first-order valence-corrected chi connectivity index (χ1v) is 5.86. The highest BCUT2D eigenvalue weighted by atomic mass is 32.3. The maximum Gasteiger partial charge on any atom is 0.397 e. The van der Waals surface area contributed by atoms with Crippen LogP contribution >= 0.6 is 0 Å². The minimum absolute atomic E-state index is 0.196. The average molecular weight is 223 g/mol. The molecule has 1 aliphatic heterocycles. The number of rotatable bonds is 3.